The summed E-state index contributed by atoms with van der Waals surface area (Å²) >= 11 is 1.30. The van der Waals surface area contributed by atoms with Gasteiger partial charge in [-0.25, -0.2) is 4.79 Å². The predicted octanol–water partition coefficient (Wildman–Crippen LogP) is 3.48. The van der Waals surface area contributed by atoms with Crippen molar-refractivity contribution in [2.24, 2.45) is 0 Å². The zero-order valence-corrected chi connectivity index (χ0v) is 20.4. The van der Waals surface area contributed by atoms with Crippen molar-refractivity contribution in [2.75, 3.05) is 19.5 Å². The van der Waals surface area contributed by atoms with Crippen molar-refractivity contribution in [1.29, 1.82) is 0 Å². The van der Waals surface area contributed by atoms with Crippen molar-refractivity contribution in [2.45, 2.75) is 13.1 Å². The van der Waals surface area contributed by atoms with Gasteiger partial charge in [-0.15, -0.1) is 11.3 Å². The second kappa shape index (κ2) is 9.67. The maximum Gasteiger partial charge on any atom is 0.332 e. The van der Waals surface area contributed by atoms with Gasteiger partial charge < -0.3 is 14.8 Å². The van der Waals surface area contributed by atoms with Crippen LogP contribution in [0.2, 0.25) is 0 Å². The molecular formula is C26H22N4O5S. The number of fused-ring (bicyclic) bond motifs is 3. The number of hydrogen-bond acceptors (Lipinski definition) is 7. The number of thiophene rings is 1. The second-order valence-corrected chi connectivity index (χ2v) is 9.06. The van der Waals surface area contributed by atoms with E-state index in [-0.39, 0.29) is 13.1 Å². The number of pyridine rings is 1. The smallest absolute Gasteiger partial charge is 0.332 e. The molecule has 0 radical (unpaired) electrons. The molecule has 2 aromatic carbocycles. The van der Waals surface area contributed by atoms with E-state index in [0.29, 0.717) is 33.0 Å². The van der Waals surface area contributed by atoms with Crippen molar-refractivity contribution in [3.63, 3.8) is 0 Å². The number of aromatic nitrogens is 3. The van der Waals surface area contributed by atoms with Crippen LogP contribution in [-0.2, 0) is 17.9 Å². The Labute approximate surface area is 209 Å². The molecular weight excluding hydrogens is 480 g/mol. The third-order valence-corrected chi connectivity index (χ3v) is 6.94. The van der Waals surface area contributed by atoms with Crippen LogP contribution in [0, 0.1) is 0 Å². The van der Waals surface area contributed by atoms with E-state index >= 15 is 0 Å². The summed E-state index contributed by atoms with van der Waals surface area (Å²) < 4.78 is 14.3. The van der Waals surface area contributed by atoms with Gasteiger partial charge in [0.05, 0.1) is 32.0 Å². The molecule has 0 atom stereocenters. The van der Waals surface area contributed by atoms with Gasteiger partial charge in [-0.2, -0.15) is 0 Å². The third-order valence-electron chi connectivity index (χ3n) is 5.79. The van der Waals surface area contributed by atoms with Crippen LogP contribution in [0.1, 0.15) is 5.56 Å². The Morgan fingerprint density at radius 2 is 1.86 bits per heavy atom. The van der Waals surface area contributed by atoms with E-state index in [0.717, 1.165) is 14.7 Å². The molecule has 3 heterocycles. The molecule has 1 amide bonds. The molecule has 3 aromatic heterocycles. The maximum absolute atomic E-state index is 13.6. The van der Waals surface area contributed by atoms with E-state index in [4.69, 9.17) is 9.47 Å². The van der Waals surface area contributed by atoms with E-state index in [1.54, 1.807) is 42.7 Å². The van der Waals surface area contributed by atoms with Gasteiger partial charge in [0.15, 0.2) is 0 Å². The van der Waals surface area contributed by atoms with E-state index < -0.39 is 17.2 Å². The number of methoxy groups -OCH3 is 2. The van der Waals surface area contributed by atoms with Crippen LogP contribution in [0.25, 0.3) is 20.3 Å². The van der Waals surface area contributed by atoms with Crippen LogP contribution in [0.5, 0.6) is 11.5 Å². The highest BCUT2D eigenvalue weighted by atomic mass is 32.1. The number of carbonyl (C=O) groups excluding carboxylic acids is 1. The minimum Gasteiger partial charge on any atom is -0.497 e. The highest BCUT2D eigenvalue weighted by molar-refractivity contribution is 7.25. The van der Waals surface area contributed by atoms with Gasteiger partial charge in [0.25, 0.3) is 5.56 Å². The van der Waals surface area contributed by atoms with Crippen LogP contribution in [0.15, 0.2) is 76.6 Å². The van der Waals surface area contributed by atoms with E-state index in [9.17, 15) is 14.4 Å². The van der Waals surface area contributed by atoms with Crippen LogP contribution in [0.4, 0.5) is 5.69 Å². The second-order valence-electron chi connectivity index (χ2n) is 8.01. The Morgan fingerprint density at radius 3 is 2.61 bits per heavy atom. The fourth-order valence-electron chi connectivity index (χ4n) is 4.09. The molecule has 36 heavy (non-hydrogen) atoms. The molecule has 0 saturated heterocycles. The lowest BCUT2D eigenvalue weighted by molar-refractivity contribution is -0.116. The first-order chi connectivity index (χ1) is 17.5. The Balaban J connectivity index is 1.61. The first kappa shape index (κ1) is 23.3. The predicted molar refractivity (Wildman–Crippen MR) is 139 cm³/mol. The van der Waals surface area contributed by atoms with Gasteiger partial charge in [0, 0.05) is 28.5 Å². The molecule has 0 fully saturated rings. The molecule has 0 aliphatic carbocycles. The fraction of sp³-hybridized carbons (Fsp3) is 0.154. The number of ether oxygens (including phenoxy) is 2. The molecule has 0 saturated carbocycles. The van der Waals surface area contributed by atoms with Gasteiger partial charge in [-0.05, 0) is 29.8 Å². The van der Waals surface area contributed by atoms with E-state index in [1.165, 1.54) is 30.1 Å². The number of anilines is 1. The number of hydrogen-bond donors (Lipinski definition) is 1. The van der Waals surface area contributed by atoms with Crippen molar-refractivity contribution < 1.29 is 14.3 Å². The van der Waals surface area contributed by atoms with Gasteiger partial charge in [-0.3, -0.25) is 23.7 Å². The lowest BCUT2D eigenvalue weighted by Crippen LogP contribution is -2.41. The normalized spacial score (nSPS) is 11.1. The molecule has 1 N–H and O–H groups in total. The molecule has 5 aromatic rings. The van der Waals surface area contributed by atoms with Gasteiger partial charge in [0.2, 0.25) is 5.91 Å². The summed E-state index contributed by atoms with van der Waals surface area (Å²) in [6.45, 7) is -0.248. The van der Waals surface area contributed by atoms with Crippen LogP contribution >= 0.6 is 11.3 Å². The number of rotatable bonds is 7. The lowest BCUT2D eigenvalue weighted by Gasteiger charge is -2.14. The summed E-state index contributed by atoms with van der Waals surface area (Å²) in [7, 11) is 3.03. The van der Waals surface area contributed by atoms with Crippen molar-refractivity contribution >= 4 is 43.2 Å². The van der Waals surface area contributed by atoms with Crippen LogP contribution < -0.4 is 26.0 Å². The number of nitrogens with zero attached hydrogens (tertiary/aromatic N) is 3. The molecule has 0 spiro atoms. The first-order valence-corrected chi connectivity index (χ1v) is 11.9. The molecule has 0 aliphatic rings. The molecule has 182 valence electrons. The highest BCUT2D eigenvalue weighted by Crippen LogP contribution is 2.31. The number of amides is 1. The standard InChI is InChI=1S/C26H22N4O5S/c1-34-17-9-10-19(20(12-17)35-2)28-22(31)15-29-23-18-7-3-4-8-21(18)36-24(23)25(32)30(26(29)33)14-16-6-5-11-27-13-16/h3-13H,14-15H2,1-2H3,(H,28,31). The molecule has 0 unspecified atom stereocenters. The highest BCUT2D eigenvalue weighted by Gasteiger charge is 2.20. The Kier molecular flexibility index (Phi) is 6.26. The van der Waals surface area contributed by atoms with Crippen LogP contribution in [-0.4, -0.2) is 34.2 Å². The van der Waals surface area contributed by atoms with Crippen molar-refractivity contribution in [3.8, 4) is 11.5 Å². The van der Waals surface area contributed by atoms with Gasteiger partial charge >= 0.3 is 5.69 Å². The van der Waals surface area contributed by atoms with Gasteiger partial charge in [-0.1, -0.05) is 24.3 Å². The van der Waals surface area contributed by atoms with E-state index in [2.05, 4.69) is 10.3 Å². The Morgan fingerprint density at radius 1 is 1.03 bits per heavy atom. The topological polar surface area (TPSA) is 104 Å². The Hall–Kier alpha value is -4.44. The number of carbonyl (C=O) groups is 1. The summed E-state index contributed by atoms with van der Waals surface area (Å²) in [5.74, 6) is 0.557. The molecule has 0 bridgehead atoms. The fourth-order valence-corrected chi connectivity index (χ4v) is 5.25. The largest absolute Gasteiger partial charge is 0.497 e. The quantitative estimate of drug-likeness (QED) is 0.365. The molecule has 9 nitrogen and oxygen atoms in total. The Bertz CT molecular complexity index is 1710. The molecule has 5 rings (SSSR count). The molecule has 10 heteroatoms. The molecule has 0 aliphatic heterocycles. The average Bonchev–Trinajstić information content (AvgIpc) is 3.29. The van der Waals surface area contributed by atoms with Crippen molar-refractivity contribution in [1.82, 2.24) is 14.1 Å². The zero-order chi connectivity index (χ0) is 25.2. The summed E-state index contributed by atoms with van der Waals surface area (Å²) in [5, 5.41) is 3.55. The zero-order valence-electron chi connectivity index (χ0n) is 19.6. The van der Waals surface area contributed by atoms with Crippen LogP contribution in [0.3, 0.4) is 0 Å². The lowest BCUT2D eigenvalue weighted by atomic mass is 10.2. The minimum atomic E-state index is -0.572. The third kappa shape index (κ3) is 4.22. The number of nitrogens with one attached hydrogen (secondary N) is 1. The summed E-state index contributed by atoms with van der Waals surface area (Å²) in [6.07, 6.45) is 3.23. The average molecular weight is 503 g/mol. The first-order valence-electron chi connectivity index (χ1n) is 11.1. The van der Waals surface area contributed by atoms with Gasteiger partial charge in [0.1, 0.15) is 22.7 Å². The van der Waals surface area contributed by atoms with Crippen molar-refractivity contribution in [3.05, 3.63) is 93.4 Å². The van der Waals surface area contributed by atoms with E-state index in [1.807, 2.05) is 24.3 Å². The summed E-state index contributed by atoms with van der Waals surface area (Å²) in [5.41, 5.74) is 0.623. The SMILES string of the molecule is COc1ccc(NC(=O)Cn2c(=O)n(Cc3cccnc3)c(=O)c3sc4ccccc4c32)c(OC)c1. The summed E-state index contributed by atoms with van der Waals surface area (Å²) in [6, 6.07) is 16.0. The monoisotopic (exact) mass is 502 g/mol. The minimum absolute atomic E-state index is 0.0453. The maximum atomic E-state index is 13.6. The number of benzene rings is 2. The summed E-state index contributed by atoms with van der Waals surface area (Å²) in [4.78, 5) is 44.3.